The SMILES string of the molecule is CC.CSc1nc2c(c(=O)[nH]1)CCC1(CCCc3cccc(C)c31)O2. The average Bonchev–Trinajstić information content (AvgIpc) is 2.63. The number of aryl methyl sites for hydroxylation is 2. The molecule has 1 unspecified atom stereocenters. The zero-order valence-electron chi connectivity index (χ0n) is 15.4. The number of nitrogens with zero attached hydrogens (tertiary/aromatic N) is 1. The number of aromatic amines is 1. The topological polar surface area (TPSA) is 55.0 Å². The van der Waals surface area contributed by atoms with E-state index in [1.807, 2.05) is 20.1 Å². The van der Waals surface area contributed by atoms with Crippen LogP contribution in [0.3, 0.4) is 0 Å². The molecule has 1 aliphatic heterocycles. The highest BCUT2D eigenvalue weighted by Crippen LogP contribution is 2.46. The van der Waals surface area contributed by atoms with Crippen LogP contribution < -0.4 is 10.3 Å². The highest BCUT2D eigenvalue weighted by Gasteiger charge is 2.43. The zero-order valence-corrected chi connectivity index (χ0v) is 16.3. The molecule has 1 atom stereocenters. The summed E-state index contributed by atoms with van der Waals surface area (Å²) in [4.78, 5) is 19.6. The minimum atomic E-state index is -0.317. The largest absolute Gasteiger partial charge is 0.466 e. The number of H-pyrrole nitrogens is 1. The minimum Gasteiger partial charge on any atom is -0.466 e. The van der Waals surface area contributed by atoms with E-state index in [4.69, 9.17) is 4.74 Å². The molecule has 5 heteroatoms. The first-order valence-corrected chi connectivity index (χ1v) is 10.3. The van der Waals surface area contributed by atoms with Crippen molar-refractivity contribution in [1.82, 2.24) is 9.97 Å². The maximum absolute atomic E-state index is 12.2. The summed E-state index contributed by atoms with van der Waals surface area (Å²) in [6.07, 6.45) is 6.69. The van der Waals surface area contributed by atoms with E-state index in [0.29, 0.717) is 16.6 Å². The van der Waals surface area contributed by atoms with Crippen LogP contribution in [0.4, 0.5) is 0 Å². The highest BCUT2D eigenvalue weighted by atomic mass is 32.2. The van der Waals surface area contributed by atoms with Gasteiger partial charge < -0.3 is 9.72 Å². The number of hydrogen-bond donors (Lipinski definition) is 1. The number of rotatable bonds is 1. The van der Waals surface area contributed by atoms with Crippen LogP contribution in [-0.2, 0) is 18.4 Å². The lowest BCUT2D eigenvalue weighted by Crippen LogP contribution is -2.42. The number of nitrogens with one attached hydrogen (secondary N) is 1. The van der Waals surface area contributed by atoms with E-state index in [2.05, 4.69) is 35.1 Å². The number of hydrogen-bond acceptors (Lipinski definition) is 4. The molecular weight excluding hydrogens is 332 g/mol. The molecule has 0 radical (unpaired) electrons. The second-order valence-corrected chi connectivity index (χ2v) is 7.21. The summed E-state index contributed by atoms with van der Waals surface area (Å²) in [7, 11) is 0. The van der Waals surface area contributed by atoms with Gasteiger partial charge in [0.1, 0.15) is 5.60 Å². The van der Waals surface area contributed by atoms with Gasteiger partial charge in [-0.3, -0.25) is 4.79 Å². The van der Waals surface area contributed by atoms with Crippen LogP contribution in [0.1, 0.15) is 55.4 Å². The van der Waals surface area contributed by atoms with Crippen molar-refractivity contribution in [1.29, 1.82) is 0 Å². The molecule has 2 aromatic rings. The molecule has 1 aromatic heterocycles. The highest BCUT2D eigenvalue weighted by molar-refractivity contribution is 7.98. The summed E-state index contributed by atoms with van der Waals surface area (Å²) in [6, 6.07) is 6.49. The molecule has 1 aliphatic carbocycles. The van der Waals surface area contributed by atoms with Crippen molar-refractivity contribution in [2.24, 2.45) is 0 Å². The number of aromatic nitrogens is 2. The second kappa shape index (κ2) is 7.24. The van der Waals surface area contributed by atoms with E-state index in [0.717, 1.165) is 32.1 Å². The van der Waals surface area contributed by atoms with E-state index in [1.54, 1.807) is 0 Å². The summed E-state index contributed by atoms with van der Waals surface area (Å²) < 4.78 is 6.45. The Morgan fingerprint density at radius 1 is 1.24 bits per heavy atom. The quantitative estimate of drug-likeness (QED) is 0.607. The second-order valence-electron chi connectivity index (χ2n) is 6.42. The van der Waals surface area contributed by atoms with E-state index < -0.39 is 0 Å². The standard InChI is InChI=1S/C18H20N2O2S.C2H6/c1-11-5-3-6-12-7-4-9-18(14(11)12)10-8-13-15(21)19-17(23-2)20-16(13)22-18;1-2/h3,5-6H,4,7-10H2,1-2H3,(H,19,20,21);1-2H3. The predicted octanol–water partition coefficient (Wildman–Crippen LogP) is 4.38. The summed E-state index contributed by atoms with van der Waals surface area (Å²) in [5.41, 5.74) is 4.30. The van der Waals surface area contributed by atoms with Gasteiger partial charge in [-0.25, -0.2) is 0 Å². The molecular formula is C20H26N2O2S. The third-order valence-electron chi connectivity index (χ3n) is 5.06. The van der Waals surface area contributed by atoms with Gasteiger partial charge in [-0.05, 0) is 56.4 Å². The van der Waals surface area contributed by atoms with Gasteiger partial charge in [0.05, 0.1) is 5.56 Å². The van der Waals surface area contributed by atoms with Crippen LogP contribution in [-0.4, -0.2) is 16.2 Å². The van der Waals surface area contributed by atoms with Crippen LogP contribution in [0.2, 0.25) is 0 Å². The number of thioether (sulfide) groups is 1. The molecule has 2 heterocycles. The van der Waals surface area contributed by atoms with Crippen molar-refractivity contribution < 1.29 is 4.74 Å². The lowest BCUT2D eigenvalue weighted by molar-refractivity contribution is 0.0181. The third-order valence-corrected chi connectivity index (χ3v) is 5.64. The van der Waals surface area contributed by atoms with Gasteiger partial charge in [-0.15, -0.1) is 0 Å². The minimum absolute atomic E-state index is 0.0602. The third kappa shape index (κ3) is 3.10. The molecule has 2 aliphatic rings. The first-order chi connectivity index (χ1) is 12.1. The fourth-order valence-corrected chi connectivity index (χ4v) is 4.42. The predicted molar refractivity (Wildman–Crippen MR) is 103 cm³/mol. The van der Waals surface area contributed by atoms with Crippen LogP contribution >= 0.6 is 11.8 Å². The molecule has 4 rings (SSSR count). The molecule has 0 fully saturated rings. The van der Waals surface area contributed by atoms with E-state index in [-0.39, 0.29) is 11.2 Å². The molecule has 134 valence electrons. The number of ether oxygens (including phenoxy) is 1. The van der Waals surface area contributed by atoms with Gasteiger partial charge in [0, 0.05) is 5.56 Å². The molecule has 0 bridgehead atoms. The van der Waals surface area contributed by atoms with Crippen LogP contribution in [0, 0.1) is 6.92 Å². The maximum Gasteiger partial charge on any atom is 0.258 e. The monoisotopic (exact) mass is 358 g/mol. The maximum atomic E-state index is 12.2. The molecule has 1 N–H and O–H groups in total. The van der Waals surface area contributed by atoms with Gasteiger partial charge in [0.15, 0.2) is 5.16 Å². The van der Waals surface area contributed by atoms with Crippen molar-refractivity contribution in [3.05, 3.63) is 50.8 Å². The zero-order chi connectivity index (χ0) is 18.0. The Morgan fingerprint density at radius 3 is 2.80 bits per heavy atom. The Morgan fingerprint density at radius 2 is 2.04 bits per heavy atom. The van der Waals surface area contributed by atoms with Crippen molar-refractivity contribution in [2.45, 2.75) is 63.6 Å². The number of fused-ring (bicyclic) bond motifs is 3. The number of benzene rings is 1. The lowest BCUT2D eigenvalue weighted by Gasteiger charge is -2.42. The van der Waals surface area contributed by atoms with Gasteiger partial charge in [-0.2, -0.15) is 4.98 Å². The Balaban J connectivity index is 0.000000880. The molecule has 1 aromatic carbocycles. The van der Waals surface area contributed by atoms with E-state index in [9.17, 15) is 4.79 Å². The van der Waals surface area contributed by atoms with Crippen molar-refractivity contribution in [3.63, 3.8) is 0 Å². The molecule has 0 amide bonds. The summed E-state index contributed by atoms with van der Waals surface area (Å²) >= 11 is 1.43. The van der Waals surface area contributed by atoms with Crippen molar-refractivity contribution in [3.8, 4) is 5.88 Å². The Labute approximate surface area is 153 Å². The average molecular weight is 359 g/mol. The Bertz CT molecular complexity index is 831. The normalized spacial score (nSPS) is 20.8. The molecule has 1 spiro atoms. The van der Waals surface area contributed by atoms with Crippen LogP contribution in [0.25, 0.3) is 0 Å². The van der Waals surface area contributed by atoms with Crippen LogP contribution in [0.5, 0.6) is 5.88 Å². The van der Waals surface area contributed by atoms with Gasteiger partial charge >= 0.3 is 0 Å². The van der Waals surface area contributed by atoms with Gasteiger partial charge in [0.25, 0.3) is 5.56 Å². The first kappa shape index (κ1) is 18.1. The van der Waals surface area contributed by atoms with Crippen molar-refractivity contribution in [2.75, 3.05) is 6.26 Å². The Hall–Kier alpha value is -1.75. The summed E-state index contributed by atoms with van der Waals surface area (Å²) in [6.45, 7) is 6.16. The van der Waals surface area contributed by atoms with Gasteiger partial charge in [-0.1, -0.05) is 43.8 Å². The molecule has 0 saturated carbocycles. The summed E-state index contributed by atoms with van der Waals surface area (Å²) in [5.74, 6) is 0.528. The molecule has 25 heavy (non-hydrogen) atoms. The molecule has 4 nitrogen and oxygen atoms in total. The van der Waals surface area contributed by atoms with Crippen LogP contribution in [0.15, 0.2) is 28.2 Å². The fourth-order valence-electron chi connectivity index (χ4n) is 4.05. The summed E-state index contributed by atoms with van der Waals surface area (Å²) in [5, 5.41) is 0.617. The molecule has 0 saturated heterocycles. The van der Waals surface area contributed by atoms with E-state index in [1.165, 1.54) is 28.5 Å². The van der Waals surface area contributed by atoms with Gasteiger partial charge in [0.2, 0.25) is 5.88 Å². The lowest BCUT2D eigenvalue weighted by atomic mass is 9.73. The van der Waals surface area contributed by atoms with Crippen molar-refractivity contribution >= 4 is 11.8 Å². The smallest absolute Gasteiger partial charge is 0.258 e. The first-order valence-electron chi connectivity index (χ1n) is 9.08. The van der Waals surface area contributed by atoms with E-state index >= 15 is 0 Å². The Kier molecular flexibility index (Phi) is 5.23. The fraction of sp³-hybridized carbons (Fsp3) is 0.500.